The normalized spacial score (nSPS) is 23.8. The van der Waals surface area contributed by atoms with Crippen LogP contribution < -0.4 is 4.74 Å². The monoisotopic (exact) mass is 583 g/mol. The zero-order valence-corrected chi connectivity index (χ0v) is 23.2. The van der Waals surface area contributed by atoms with Crippen molar-refractivity contribution < 1.29 is 41.4 Å². The van der Waals surface area contributed by atoms with E-state index in [0.29, 0.717) is 35.8 Å². The number of nitrogens with zero attached hydrogens (tertiary/aromatic N) is 1. The van der Waals surface area contributed by atoms with Gasteiger partial charge in [0.2, 0.25) is 0 Å². The van der Waals surface area contributed by atoms with Crippen LogP contribution in [-0.2, 0) is 20.8 Å². The summed E-state index contributed by atoms with van der Waals surface area (Å²) in [5.74, 6) is 0.177. The molecular weight excluding hydrogens is 551 g/mol. The van der Waals surface area contributed by atoms with Crippen LogP contribution >= 0.6 is 0 Å². The van der Waals surface area contributed by atoms with Gasteiger partial charge in [0, 0.05) is 22.5 Å². The molecule has 10 heteroatoms. The zero-order valence-electron chi connectivity index (χ0n) is 23.2. The van der Waals surface area contributed by atoms with E-state index in [1.165, 1.54) is 19.2 Å². The molecule has 1 aromatic heterocycles. The van der Waals surface area contributed by atoms with Gasteiger partial charge in [-0.15, -0.1) is 13.2 Å². The number of halogens is 3. The summed E-state index contributed by atoms with van der Waals surface area (Å²) in [5.41, 5.74) is 2.12. The number of fused-ring (bicyclic) bond motifs is 3. The van der Waals surface area contributed by atoms with Gasteiger partial charge in [-0.3, -0.25) is 0 Å². The van der Waals surface area contributed by atoms with E-state index in [-0.39, 0.29) is 40.8 Å². The molecule has 7 rings (SSSR count). The summed E-state index contributed by atoms with van der Waals surface area (Å²) in [6, 6.07) is 13.2. The van der Waals surface area contributed by atoms with Gasteiger partial charge in [0.05, 0.1) is 38.1 Å². The van der Waals surface area contributed by atoms with Crippen molar-refractivity contribution in [1.29, 1.82) is 0 Å². The highest BCUT2D eigenvalue weighted by Gasteiger charge is 2.49. The van der Waals surface area contributed by atoms with Crippen LogP contribution in [0.2, 0.25) is 0 Å². The van der Waals surface area contributed by atoms with E-state index < -0.39 is 6.36 Å². The van der Waals surface area contributed by atoms with Crippen LogP contribution in [0.25, 0.3) is 17.3 Å². The number of para-hydroxylation sites is 1. The molecule has 2 aliphatic heterocycles. The van der Waals surface area contributed by atoms with E-state index in [2.05, 4.69) is 16.0 Å². The van der Waals surface area contributed by atoms with Crippen LogP contribution in [0.15, 0.2) is 59.1 Å². The number of carbonyl (C=O) groups excluding carboxylic acids is 1. The molecule has 2 saturated heterocycles. The molecule has 2 saturated carbocycles. The van der Waals surface area contributed by atoms with Crippen molar-refractivity contribution in [3.05, 3.63) is 77.1 Å². The molecule has 0 radical (unpaired) electrons. The summed E-state index contributed by atoms with van der Waals surface area (Å²) in [5, 5.41) is 4.16. The number of benzene rings is 2. The number of ether oxygens (including phenoxy) is 4. The molecule has 2 aliphatic carbocycles. The predicted molar refractivity (Wildman–Crippen MR) is 147 cm³/mol. The first-order valence-corrected chi connectivity index (χ1v) is 14.1. The average Bonchev–Trinajstić information content (AvgIpc) is 3.76. The number of carbonyl (C=O) groups is 1. The second-order valence-electron chi connectivity index (χ2n) is 11.5. The van der Waals surface area contributed by atoms with Gasteiger partial charge in [-0.05, 0) is 68.4 Å². The van der Waals surface area contributed by atoms with Gasteiger partial charge in [-0.2, -0.15) is 0 Å². The van der Waals surface area contributed by atoms with Gasteiger partial charge in [0.1, 0.15) is 17.2 Å². The lowest BCUT2D eigenvalue weighted by atomic mass is 9.66. The smallest absolute Gasteiger partial charge is 0.465 e. The highest BCUT2D eigenvalue weighted by atomic mass is 19.4. The highest BCUT2D eigenvalue weighted by Crippen LogP contribution is 2.50. The Bertz CT molecular complexity index is 1450. The topological polar surface area (TPSA) is 80.0 Å². The molecule has 0 atom stereocenters. The van der Waals surface area contributed by atoms with Crippen LogP contribution in [0.4, 0.5) is 13.2 Å². The van der Waals surface area contributed by atoms with E-state index in [4.69, 9.17) is 18.7 Å². The fraction of sp³-hybridized carbons (Fsp3) is 0.438. The Balaban J connectivity index is 1.11. The predicted octanol–water partition coefficient (Wildman–Crippen LogP) is 7.46. The maximum Gasteiger partial charge on any atom is 0.573 e. The first-order chi connectivity index (χ1) is 20.2. The Morgan fingerprint density at radius 2 is 1.88 bits per heavy atom. The molecule has 0 amide bonds. The number of hydrogen-bond donors (Lipinski definition) is 0. The van der Waals surface area contributed by atoms with Crippen molar-refractivity contribution in [2.24, 2.45) is 5.41 Å². The van der Waals surface area contributed by atoms with Gasteiger partial charge in [0.25, 0.3) is 0 Å². The summed E-state index contributed by atoms with van der Waals surface area (Å²) >= 11 is 0. The maximum atomic E-state index is 13.1. The SMILES string of the molecule is COC(=O)c1cccc(C=CC23CCC(COCc4c(-c5ccccc5OC(F)(F)F)noc4C4CC4)(CC2)CO3)c1. The van der Waals surface area contributed by atoms with Gasteiger partial charge in [-0.1, -0.05) is 41.6 Å². The summed E-state index contributed by atoms with van der Waals surface area (Å²) in [6.07, 6.45) is 4.70. The van der Waals surface area contributed by atoms with E-state index in [1.54, 1.807) is 24.3 Å². The van der Waals surface area contributed by atoms with E-state index in [1.807, 2.05) is 18.2 Å². The van der Waals surface area contributed by atoms with Crippen LogP contribution in [0.5, 0.6) is 5.75 Å². The van der Waals surface area contributed by atoms with Gasteiger partial charge in [0.15, 0.2) is 0 Å². The molecule has 0 spiro atoms. The van der Waals surface area contributed by atoms with Crippen molar-refractivity contribution in [3.63, 3.8) is 0 Å². The van der Waals surface area contributed by atoms with E-state index >= 15 is 0 Å². The van der Waals surface area contributed by atoms with Crippen molar-refractivity contribution in [2.75, 3.05) is 20.3 Å². The number of aromatic nitrogens is 1. The average molecular weight is 584 g/mol. The minimum Gasteiger partial charge on any atom is -0.465 e. The third kappa shape index (κ3) is 6.10. The largest absolute Gasteiger partial charge is 0.573 e. The lowest BCUT2D eigenvalue weighted by molar-refractivity contribution is -0.274. The summed E-state index contributed by atoms with van der Waals surface area (Å²) in [4.78, 5) is 11.9. The van der Waals surface area contributed by atoms with Crippen LogP contribution in [-0.4, -0.2) is 43.4 Å². The first-order valence-electron chi connectivity index (χ1n) is 14.1. The fourth-order valence-electron chi connectivity index (χ4n) is 5.91. The first kappa shape index (κ1) is 28.5. The zero-order chi connectivity index (χ0) is 29.4. The third-order valence-electron chi connectivity index (χ3n) is 8.50. The molecule has 4 fully saturated rings. The summed E-state index contributed by atoms with van der Waals surface area (Å²) < 4.78 is 66.6. The van der Waals surface area contributed by atoms with Crippen LogP contribution in [0.3, 0.4) is 0 Å². The van der Waals surface area contributed by atoms with Gasteiger partial charge in [-0.25, -0.2) is 4.79 Å². The molecule has 2 bridgehead atoms. The van der Waals surface area contributed by atoms with Crippen molar-refractivity contribution in [3.8, 4) is 17.0 Å². The molecule has 0 N–H and O–H groups in total. The summed E-state index contributed by atoms with van der Waals surface area (Å²) in [7, 11) is 1.36. The molecule has 0 unspecified atom stereocenters. The lowest BCUT2D eigenvalue weighted by Crippen LogP contribution is -2.51. The van der Waals surface area contributed by atoms with Crippen molar-refractivity contribution >= 4 is 12.0 Å². The van der Waals surface area contributed by atoms with E-state index in [0.717, 1.165) is 44.1 Å². The fourth-order valence-corrected chi connectivity index (χ4v) is 5.91. The number of methoxy groups -OCH3 is 1. The van der Waals surface area contributed by atoms with Gasteiger partial charge < -0.3 is 23.5 Å². The van der Waals surface area contributed by atoms with E-state index in [9.17, 15) is 18.0 Å². The molecule has 222 valence electrons. The molecule has 3 aromatic rings. The Kier molecular flexibility index (Phi) is 7.61. The number of rotatable bonds is 10. The maximum absolute atomic E-state index is 13.1. The molecule has 7 nitrogen and oxygen atoms in total. The second kappa shape index (κ2) is 11.2. The van der Waals surface area contributed by atoms with Crippen LogP contribution in [0, 0.1) is 5.41 Å². The molecule has 4 aliphatic rings. The molecular formula is C32H32F3NO6. The minimum atomic E-state index is -4.82. The molecule has 3 heterocycles. The van der Waals surface area contributed by atoms with Crippen molar-refractivity contribution in [1.82, 2.24) is 5.16 Å². The van der Waals surface area contributed by atoms with Crippen molar-refractivity contribution in [2.45, 2.75) is 63.0 Å². The number of hydrogen-bond acceptors (Lipinski definition) is 7. The summed E-state index contributed by atoms with van der Waals surface area (Å²) in [6.45, 7) is 1.19. The lowest BCUT2D eigenvalue weighted by Gasteiger charge is -2.52. The Hall–Kier alpha value is -3.63. The minimum absolute atomic E-state index is 0.130. The standard InChI is InChI=1S/C32H32F3NO6/c1-38-29(37)23-6-4-5-21(17-23)11-12-31-15-13-30(14-16-31,20-40-31)19-39-18-25-27(36-42-28(25)22-9-10-22)24-7-2-3-8-26(24)41-32(33,34)35/h2-8,11-12,17,22H,9-10,13-16,18-20H2,1H3. The Morgan fingerprint density at radius 1 is 1.10 bits per heavy atom. The molecule has 2 aromatic carbocycles. The quantitative estimate of drug-likeness (QED) is 0.229. The molecule has 42 heavy (non-hydrogen) atoms. The van der Waals surface area contributed by atoms with Gasteiger partial charge >= 0.3 is 12.3 Å². The highest BCUT2D eigenvalue weighted by molar-refractivity contribution is 5.90. The number of alkyl halides is 3. The Labute approximate surface area is 241 Å². The third-order valence-corrected chi connectivity index (χ3v) is 8.50. The van der Waals surface area contributed by atoms with Crippen LogP contribution in [0.1, 0.15) is 71.7 Å². The number of esters is 1. The Morgan fingerprint density at radius 3 is 2.57 bits per heavy atom. The second-order valence-corrected chi connectivity index (χ2v) is 11.5.